The number of aromatic nitrogens is 2. The third kappa shape index (κ3) is 4.30. The lowest BCUT2D eigenvalue weighted by Crippen LogP contribution is -2.48. The molecule has 0 unspecified atom stereocenters. The van der Waals surface area contributed by atoms with Crippen molar-refractivity contribution in [2.75, 3.05) is 36.2 Å². The molecule has 0 radical (unpaired) electrons. The molecule has 0 N–H and O–H groups in total. The number of carbonyl (C=O) groups is 2. The smallest absolute Gasteiger partial charge is 0.240 e. The van der Waals surface area contributed by atoms with E-state index in [1.54, 1.807) is 23.9 Å². The Morgan fingerprint density at radius 2 is 1.48 bits per heavy atom. The number of amides is 2. The van der Waals surface area contributed by atoms with Gasteiger partial charge in [0.05, 0.1) is 20.4 Å². The maximum atomic E-state index is 12.4. The maximum Gasteiger partial charge on any atom is 0.240 e. The Labute approximate surface area is 190 Å². The quantitative estimate of drug-likeness (QED) is 0.512. The van der Waals surface area contributed by atoms with E-state index in [2.05, 4.69) is 11.1 Å². The number of hydrogen-bond acceptors (Lipinski definition) is 8. The monoisotopic (exact) mass is 460 g/mol. The van der Waals surface area contributed by atoms with E-state index in [-0.39, 0.29) is 11.8 Å². The molecule has 3 heterocycles. The molecule has 1 aromatic carbocycles. The van der Waals surface area contributed by atoms with Gasteiger partial charge in [0.2, 0.25) is 22.1 Å². The number of hydrazine groups is 2. The van der Waals surface area contributed by atoms with Crippen LogP contribution in [0.4, 0.5) is 10.3 Å². The Morgan fingerprint density at radius 1 is 0.903 bits per heavy atom. The molecule has 1 aliphatic heterocycles. The Bertz CT molecular complexity index is 1050. The van der Waals surface area contributed by atoms with Crippen LogP contribution in [0.25, 0.3) is 20.4 Å². The van der Waals surface area contributed by atoms with Gasteiger partial charge in [-0.15, -0.1) is 0 Å². The van der Waals surface area contributed by atoms with Crippen molar-refractivity contribution in [2.45, 2.75) is 47.0 Å². The van der Waals surface area contributed by atoms with E-state index < -0.39 is 0 Å². The van der Waals surface area contributed by atoms with E-state index in [1.807, 2.05) is 24.9 Å². The van der Waals surface area contributed by atoms with Crippen molar-refractivity contribution < 1.29 is 9.59 Å². The number of rotatable bonds is 6. The zero-order chi connectivity index (χ0) is 22.1. The lowest BCUT2D eigenvalue weighted by atomic mass is 10.2. The molecule has 2 aromatic heterocycles. The Hall–Kier alpha value is -2.14. The summed E-state index contributed by atoms with van der Waals surface area (Å²) in [5, 5.41) is 8.85. The van der Waals surface area contributed by atoms with Gasteiger partial charge < -0.3 is 0 Å². The molecule has 31 heavy (non-hydrogen) atoms. The van der Waals surface area contributed by atoms with Gasteiger partial charge in [-0.05, 0) is 25.0 Å². The lowest BCUT2D eigenvalue weighted by Gasteiger charge is -2.34. The van der Waals surface area contributed by atoms with Gasteiger partial charge in [0, 0.05) is 40.0 Å². The first-order chi connectivity index (χ1) is 14.9. The molecule has 0 atom stereocenters. The third-order valence-corrected chi connectivity index (χ3v) is 7.45. The lowest BCUT2D eigenvalue weighted by molar-refractivity contribution is -0.120. The van der Waals surface area contributed by atoms with E-state index in [9.17, 15) is 9.59 Å². The summed E-state index contributed by atoms with van der Waals surface area (Å²) in [6.45, 7) is 10.4. The highest BCUT2D eigenvalue weighted by atomic mass is 32.1. The minimum atomic E-state index is -0.0522. The summed E-state index contributed by atoms with van der Waals surface area (Å²) >= 11 is 3.02. The highest BCUT2D eigenvalue weighted by Gasteiger charge is 2.26. The molecule has 8 nitrogen and oxygen atoms in total. The van der Waals surface area contributed by atoms with Crippen molar-refractivity contribution in [3.05, 3.63) is 12.1 Å². The third-order valence-electron chi connectivity index (χ3n) is 5.46. The van der Waals surface area contributed by atoms with E-state index in [0.29, 0.717) is 10.3 Å². The molecule has 3 aromatic rings. The van der Waals surface area contributed by atoms with E-state index >= 15 is 0 Å². The largest absolute Gasteiger partial charge is 0.273 e. The van der Waals surface area contributed by atoms with E-state index in [4.69, 9.17) is 9.97 Å². The molecule has 166 valence electrons. The summed E-state index contributed by atoms with van der Waals surface area (Å²) in [6.07, 6.45) is 3.39. The van der Waals surface area contributed by atoms with Gasteiger partial charge in [0.25, 0.3) is 0 Å². The second kappa shape index (κ2) is 9.15. The van der Waals surface area contributed by atoms with Gasteiger partial charge >= 0.3 is 0 Å². The van der Waals surface area contributed by atoms with Crippen molar-refractivity contribution in [2.24, 2.45) is 0 Å². The first-order valence-corrected chi connectivity index (χ1v) is 12.4. The number of carbonyl (C=O) groups excluding carboxylic acids is 2. The van der Waals surface area contributed by atoms with Crippen LogP contribution in [0.5, 0.6) is 0 Å². The van der Waals surface area contributed by atoms with Gasteiger partial charge in [-0.3, -0.25) is 9.59 Å². The Morgan fingerprint density at radius 3 is 2.03 bits per heavy atom. The summed E-state index contributed by atoms with van der Waals surface area (Å²) in [5.74, 6) is -0.0666. The minimum absolute atomic E-state index is 0.0144. The van der Waals surface area contributed by atoms with Crippen molar-refractivity contribution in [3.63, 3.8) is 0 Å². The number of piperidine rings is 1. The first-order valence-electron chi connectivity index (χ1n) is 10.7. The van der Waals surface area contributed by atoms with Crippen LogP contribution < -0.4 is 10.0 Å². The van der Waals surface area contributed by atoms with Crippen molar-refractivity contribution in [3.8, 4) is 0 Å². The fourth-order valence-corrected chi connectivity index (χ4v) is 6.19. The maximum absolute atomic E-state index is 12.4. The second-order valence-corrected chi connectivity index (χ2v) is 9.61. The highest BCUT2D eigenvalue weighted by Crippen LogP contribution is 2.37. The van der Waals surface area contributed by atoms with Gasteiger partial charge in [0.15, 0.2) is 0 Å². The number of hydrogen-bond donors (Lipinski definition) is 0. The van der Waals surface area contributed by atoms with Crippen LogP contribution in [0.1, 0.15) is 47.0 Å². The molecule has 10 heteroatoms. The van der Waals surface area contributed by atoms with Gasteiger partial charge in [-0.25, -0.2) is 30.0 Å². The zero-order valence-corrected chi connectivity index (χ0v) is 20.1. The van der Waals surface area contributed by atoms with Crippen molar-refractivity contribution in [1.29, 1.82) is 0 Å². The van der Waals surface area contributed by atoms with Gasteiger partial charge in [0.1, 0.15) is 0 Å². The molecular weight excluding hydrogens is 432 g/mol. The van der Waals surface area contributed by atoms with E-state index in [0.717, 1.165) is 59.5 Å². The highest BCUT2D eigenvalue weighted by molar-refractivity contribution is 7.24. The summed E-state index contributed by atoms with van der Waals surface area (Å²) in [7, 11) is 0. The van der Waals surface area contributed by atoms with Crippen LogP contribution in [0.2, 0.25) is 0 Å². The molecule has 4 rings (SSSR count). The van der Waals surface area contributed by atoms with Gasteiger partial charge in [-0.1, -0.05) is 42.9 Å². The van der Waals surface area contributed by atoms with Crippen LogP contribution in [-0.2, 0) is 9.59 Å². The Balaban J connectivity index is 1.71. The fourth-order valence-electron chi connectivity index (χ4n) is 4.00. The number of thiazole rings is 2. The predicted octanol–water partition coefficient (Wildman–Crippen LogP) is 4.27. The summed E-state index contributed by atoms with van der Waals surface area (Å²) in [5.41, 5.74) is 1.64. The van der Waals surface area contributed by atoms with Crippen LogP contribution in [0.15, 0.2) is 12.1 Å². The zero-order valence-electron chi connectivity index (χ0n) is 18.4. The van der Waals surface area contributed by atoms with Crippen LogP contribution in [0, 0.1) is 0 Å². The summed E-state index contributed by atoms with van der Waals surface area (Å²) < 4.78 is 2.02. The van der Waals surface area contributed by atoms with Crippen LogP contribution in [0.3, 0.4) is 0 Å². The average molecular weight is 461 g/mol. The van der Waals surface area contributed by atoms with Crippen LogP contribution in [-0.4, -0.2) is 58.0 Å². The molecule has 0 bridgehead atoms. The van der Waals surface area contributed by atoms with Crippen molar-refractivity contribution in [1.82, 2.24) is 20.0 Å². The molecule has 1 aliphatic rings. The average Bonchev–Trinajstić information content (AvgIpc) is 3.32. The molecule has 0 aliphatic carbocycles. The molecule has 0 saturated carbocycles. The molecule has 0 spiro atoms. The number of anilines is 2. The van der Waals surface area contributed by atoms with Crippen molar-refractivity contribution >= 4 is 65.2 Å². The van der Waals surface area contributed by atoms with Crippen LogP contribution >= 0.6 is 22.7 Å². The van der Waals surface area contributed by atoms with E-state index in [1.165, 1.54) is 29.1 Å². The number of nitrogens with zero attached hydrogens (tertiary/aromatic N) is 6. The summed E-state index contributed by atoms with van der Waals surface area (Å²) in [4.78, 5) is 34.2. The summed E-state index contributed by atoms with van der Waals surface area (Å²) in [6, 6.07) is 4.03. The molecule has 1 saturated heterocycles. The predicted molar refractivity (Wildman–Crippen MR) is 127 cm³/mol. The molecular formula is C21H28N6O2S2. The molecule has 2 amide bonds. The first kappa shape index (κ1) is 22.1. The standard InChI is InChI=1S/C21H28N6O2S2/c1-5-24(6-2)26(14(3)28)20-22-16-12-17-19(13-18(16)30-20)31-21(23-17)27(15(4)29)25-10-8-7-9-11-25/h12-13H,5-11H2,1-4H3. The molecule has 1 fully saturated rings. The van der Waals surface area contributed by atoms with Gasteiger partial charge in [-0.2, -0.15) is 0 Å². The number of benzene rings is 1. The topological polar surface area (TPSA) is 72.9 Å². The number of fused-ring (bicyclic) bond motifs is 2. The minimum Gasteiger partial charge on any atom is -0.273 e. The normalized spacial score (nSPS) is 15.1. The fraction of sp³-hybridized carbons (Fsp3) is 0.524. The SMILES string of the molecule is CCN(CC)N(C(C)=O)c1nc2cc3nc(N(C(C)=O)N4CCCCC4)sc3cc2s1. The Kier molecular flexibility index (Phi) is 6.52. The second-order valence-electron chi connectivity index (χ2n) is 7.60.